The minimum Gasteiger partial charge on any atom is -0.390 e. The molecule has 0 radical (unpaired) electrons. The van der Waals surface area contributed by atoms with Gasteiger partial charge < -0.3 is 9.84 Å². The van der Waals surface area contributed by atoms with Gasteiger partial charge in [0.2, 0.25) is 0 Å². The maximum absolute atomic E-state index is 10.1. The van der Waals surface area contributed by atoms with Crippen LogP contribution in [0, 0.1) is 5.92 Å². The van der Waals surface area contributed by atoms with E-state index in [2.05, 4.69) is 13.5 Å². The second-order valence-electron chi connectivity index (χ2n) is 4.72. The molecule has 1 N–H and O–H groups in total. The molecule has 0 bridgehead atoms. The Morgan fingerprint density at radius 2 is 2.13 bits per heavy atom. The summed E-state index contributed by atoms with van der Waals surface area (Å²) in [6.07, 6.45) is 6.32. The van der Waals surface area contributed by atoms with E-state index in [9.17, 15) is 5.11 Å². The minimum atomic E-state index is -0.387. The lowest BCUT2D eigenvalue weighted by Crippen LogP contribution is -2.47. The van der Waals surface area contributed by atoms with Crippen molar-refractivity contribution < 1.29 is 9.84 Å². The molecule has 0 heterocycles. The van der Waals surface area contributed by atoms with Gasteiger partial charge in [0.1, 0.15) is 0 Å². The Bertz CT molecular complexity index is 193. The van der Waals surface area contributed by atoms with Crippen molar-refractivity contribution in [3.63, 3.8) is 0 Å². The largest absolute Gasteiger partial charge is 0.390 e. The second-order valence-corrected chi connectivity index (χ2v) is 4.72. The van der Waals surface area contributed by atoms with Crippen molar-refractivity contribution in [2.24, 2.45) is 5.92 Å². The predicted molar refractivity (Wildman–Crippen MR) is 62.8 cm³/mol. The molecule has 1 saturated carbocycles. The van der Waals surface area contributed by atoms with Gasteiger partial charge in [0.15, 0.2) is 0 Å². The van der Waals surface area contributed by atoms with Crippen LogP contribution in [0.25, 0.3) is 0 Å². The van der Waals surface area contributed by atoms with Crippen LogP contribution in [0.4, 0.5) is 0 Å². The maximum Gasteiger partial charge on any atom is 0.0943 e. The summed E-state index contributed by atoms with van der Waals surface area (Å²) in [5.74, 6) is 0.773. The van der Waals surface area contributed by atoms with E-state index >= 15 is 0 Å². The maximum atomic E-state index is 10.1. The van der Waals surface area contributed by atoms with Crippen molar-refractivity contribution in [1.82, 2.24) is 0 Å². The molecular weight excluding hydrogens is 188 g/mol. The first kappa shape index (κ1) is 12.7. The van der Waals surface area contributed by atoms with Crippen LogP contribution >= 0.6 is 0 Å². The third-order valence-electron chi connectivity index (χ3n) is 3.55. The molecule has 2 nitrogen and oxygen atoms in total. The molecule has 0 aromatic heterocycles. The first-order chi connectivity index (χ1) is 7.14. The van der Waals surface area contributed by atoms with Crippen molar-refractivity contribution in [1.29, 1.82) is 0 Å². The average molecular weight is 212 g/mol. The Morgan fingerprint density at radius 1 is 1.53 bits per heavy atom. The first-order valence-electron chi connectivity index (χ1n) is 6.07. The molecule has 2 heteroatoms. The molecule has 0 saturated heterocycles. The lowest BCUT2D eigenvalue weighted by atomic mass is 9.75. The monoisotopic (exact) mass is 212 g/mol. The molecule has 0 aliphatic heterocycles. The number of aliphatic hydroxyl groups is 1. The van der Waals surface area contributed by atoms with Crippen LogP contribution in [-0.4, -0.2) is 23.4 Å². The molecular formula is C13H24O2. The molecule has 1 aliphatic carbocycles. The molecule has 1 atom stereocenters. The molecule has 0 aromatic carbocycles. The zero-order chi connectivity index (χ0) is 11.3. The Labute approximate surface area is 93.3 Å². The van der Waals surface area contributed by atoms with Crippen LogP contribution in [-0.2, 0) is 4.74 Å². The highest BCUT2D eigenvalue weighted by Gasteiger charge is 2.40. The van der Waals surface area contributed by atoms with Gasteiger partial charge in [0, 0.05) is 6.61 Å². The Balaban J connectivity index is 2.65. The van der Waals surface area contributed by atoms with E-state index in [4.69, 9.17) is 4.74 Å². The number of hydrogen-bond acceptors (Lipinski definition) is 2. The molecule has 0 spiro atoms. The Hall–Kier alpha value is -0.340. The topological polar surface area (TPSA) is 29.5 Å². The van der Waals surface area contributed by atoms with Crippen LogP contribution in [0.2, 0.25) is 0 Å². The molecule has 0 aromatic rings. The van der Waals surface area contributed by atoms with Gasteiger partial charge in [-0.25, -0.2) is 0 Å². The van der Waals surface area contributed by atoms with Crippen LogP contribution in [0.5, 0.6) is 0 Å². The zero-order valence-electron chi connectivity index (χ0n) is 10.0. The highest BCUT2D eigenvalue weighted by molar-refractivity contribution is 4.95. The highest BCUT2D eigenvalue weighted by atomic mass is 16.5. The summed E-state index contributed by atoms with van der Waals surface area (Å²) >= 11 is 0. The molecule has 15 heavy (non-hydrogen) atoms. The van der Waals surface area contributed by atoms with Crippen molar-refractivity contribution in [3.05, 3.63) is 12.7 Å². The van der Waals surface area contributed by atoms with Crippen LogP contribution in [0.3, 0.4) is 0 Å². The van der Waals surface area contributed by atoms with E-state index in [1.54, 1.807) is 6.08 Å². The fourth-order valence-electron chi connectivity index (χ4n) is 2.48. The standard InChI is InChI=1S/C13H24O2/c1-4-6-12(14)13(15-5-2)9-7-11(3)8-10-13/h4,11-12,14H,1,5-10H2,2-3H3. The zero-order valence-corrected chi connectivity index (χ0v) is 10.0. The smallest absolute Gasteiger partial charge is 0.0943 e. The lowest BCUT2D eigenvalue weighted by Gasteiger charge is -2.42. The summed E-state index contributed by atoms with van der Waals surface area (Å²) in [5.41, 5.74) is -0.296. The first-order valence-corrected chi connectivity index (χ1v) is 6.07. The third-order valence-corrected chi connectivity index (χ3v) is 3.55. The normalized spacial score (nSPS) is 33.7. The fourth-order valence-corrected chi connectivity index (χ4v) is 2.48. The van der Waals surface area contributed by atoms with Crippen LogP contribution < -0.4 is 0 Å². The van der Waals surface area contributed by atoms with Gasteiger partial charge in [0.05, 0.1) is 11.7 Å². The average Bonchev–Trinajstić information content (AvgIpc) is 2.22. The van der Waals surface area contributed by atoms with Crippen molar-refractivity contribution >= 4 is 0 Å². The van der Waals surface area contributed by atoms with Gasteiger partial charge in [-0.15, -0.1) is 6.58 Å². The third kappa shape index (κ3) is 3.05. The van der Waals surface area contributed by atoms with Crippen LogP contribution in [0.1, 0.15) is 46.0 Å². The quantitative estimate of drug-likeness (QED) is 0.710. The summed E-state index contributed by atoms with van der Waals surface area (Å²) in [7, 11) is 0. The van der Waals surface area contributed by atoms with Gasteiger partial charge in [-0.2, -0.15) is 0 Å². The van der Waals surface area contributed by atoms with Crippen molar-refractivity contribution in [2.45, 2.75) is 57.7 Å². The Kier molecular flexibility index (Phi) is 4.81. The van der Waals surface area contributed by atoms with E-state index < -0.39 is 0 Å². The van der Waals surface area contributed by atoms with E-state index in [-0.39, 0.29) is 11.7 Å². The van der Waals surface area contributed by atoms with Gasteiger partial charge in [-0.1, -0.05) is 13.0 Å². The summed E-state index contributed by atoms with van der Waals surface area (Å²) < 4.78 is 5.84. The number of aliphatic hydroxyl groups excluding tert-OH is 1. The minimum absolute atomic E-state index is 0.296. The van der Waals surface area contributed by atoms with E-state index in [1.807, 2.05) is 6.92 Å². The number of rotatable bonds is 5. The Morgan fingerprint density at radius 3 is 2.60 bits per heavy atom. The summed E-state index contributed by atoms with van der Waals surface area (Å²) in [4.78, 5) is 0. The molecule has 1 unspecified atom stereocenters. The number of ether oxygens (including phenoxy) is 1. The van der Waals surface area contributed by atoms with E-state index in [0.29, 0.717) is 13.0 Å². The summed E-state index contributed by atoms with van der Waals surface area (Å²) in [6, 6.07) is 0. The van der Waals surface area contributed by atoms with Gasteiger partial charge >= 0.3 is 0 Å². The van der Waals surface area contributed by atoms with Gasteiger partial charge in [-0.3, -0.25) is 0 Å². The molecule has 1 rings (SSSR count). The van der Waals surface area contributed by atoms with Crippen LogP contribution in [0.15, 0.2) is 12.7 Å². The highest BCUT2D eigenvalue weighted by Crippen LogP contribution is 2.38. The molecule has 1 fully saturated rings. The number of hydrogen-bond donors (Lipinski definition) is 1. The molecule has 88 valence electrons. The summed E-state index contributed by atoms with van der Waals surface area (Å²) in [5, 5.41) is 10.1. The second kappa shape index (κ2) is 5.66. The molecule has 0 amide bonds. The predicted octanol–water partition coefficient (Wildman–Crippen LogP) is 2.91. The van der Waals surface area contributed by atoms with Crippen molar-refractivity contribution in [2.75, 3.05) is 6.61 Å². The SMILES string of the molecule is C=CCC(O)C1(OCC)CCC(C)CC1. The summed E-state index contributed by atoms with van der Waals surface area (Å²) in [6.45, 7) is 8.64. The fraction of sp³-hybridized carbons (Fsp3) is 0.846. The molecule has 1 aliphatic rings. The van der Waals surface area contributed by atoms with E-state index in [1.165, 1.54) is 0 Å². The van der Waals surface area contributed by atoms with Gasteiger partial charge in [0.25, 0.3) is 0 Å². The van der Waals surface area contributed by atoms with Crippen molar-refractivity contribution in [3.8, 4) is 0 Å². The lowest BCUT2D eigenvalue weighted by molar-refractivity contribution is -0.142. The van der Waals surface area contributed by atoms with E-state index in [0.717, 1.165) is 31.6 Å². The van der Waals surface area contributed by atoms with Gasteiger partial charge in [-0.05, 0) is 44.9 Å².